The Morgan fingerprint density at radius 3 is 2.85 bits per heavy atom. The van der Waals surface area contributed by atoms with Crippen LogP contribution >= 0.6 is 0 Å². The number of ether oxygens (including phenoxy) is 1. The molecule has 0 aliphatic heterocycles. The highest BCUT2D eigenvalue weighted by Crippen LogP contribution is 2.26. The van der Waals surface area contributed by atoms with Crippen molar-refractivity contribution in [3.05, 3.63) is 47.3 Å². The van der Waals surface area contributed by atoms with Crippen molar-refractivity contribution in [3.63, 3.8) is 0 Å². The van der Waals surface area contributed by atoms with E-state index in [1.165, 1.54) is 5.56 Å². The average molecular weight is 274 g/mol. The summed E-state index contributed by atoms with van der Waals surface area (Å²) in [5.74, 6) is 2.09. The third-order valence-corrected chi connectivity index (χ3v) is 3.07. The highest BCUT2D eigenvalue weighted by molar-refractivity contribution is 5.35. The molecule has 2 rings (SSSR count). The molecule has 0 spiro atoms. The predicted octanol–water partition coefficient (Wildman–Crippen LogP) is 3.49. The zero-order valence-electron chi connectivity index (χ0n) is 12.3. The molecule has 108 valence electrons. The van der Waals surface area contributed by atoms with E-state index in [1.54, 1.807) is 0 Å². The summed E-state index contributed by atoms with van der Waals surface area (Å²) in [6.45, 7) is 8.43. The minimum absolute atomic E-state index is 0.406. The summed E-state index contributed by atoms with van der Waals surface area (Å²) >= 11 is 0. The zero-order valence-corrected chi connectivity index (χ0v) is 12.3. The number of rotatable bonds is 7. The Balaban J connectivity index is 1.96. The molecule has 0 radical (unpaired) electrons. The second-order valence-electron chi connectivity index (χ2n) is 5.05. The molecule has 4 heteroatoms. The number of nitrogens with one attached hydrogen (secondary N) is 1. The fourth-order valence-corrected chi connectivity index (χ4v) is 2.00. The van der Waals surface area contributed by atoms with Crippen LogP contribution in [-0.2, 0) is 13.2 Å². The molecule has 4 nitrogen and oxygen atoms in total. The monoisotopic (exact) mass is 274 g/mol. The van der Waals surface area contributed by atoms with E-state index in [0.717, 1.165) is 30.3 Å². The Bertz CT molecular complexity index is 535. The highest BCUT2D eigenvalue weighted by Gasteiger charge is 2.09. The van der Waals surface area contributed by atoms with Crippen molar-refractivity contribution >= 4 is 0 Å². The number of nitrogens with zero attached hydrogens (tertiary/aromatic N) is 1. The van der Waals surface area contributed by atoms with Crippen LogP contribution in [0, 0.1) is 0 Å². The number of hydrogen-bond acceptors (Lipinski definition) is 4. The Hall–Kier alpha value is -1.81. The van der Waals surface area contributed by atoms with Crippen molar-refractivity contribution in [2.24, 2.45) is 0 Å². The molecule has 1 N–H and O–H groups in total. The largest absolute Gasteiger partial charge is 0.485 e. The topological polar surface area (TPSA) is 47.3 Å². The summed E-state index contributed by atoms with van der Waals surface area (Å²) in [4.78, 5) is 0. The third-order valence-electron chi connectivity index (χ3n) is 3.07. The van der Waals surface area contributed by atoms with Gasteiger partial charge >= 0.3 is 0 Å². The molecule has 0 bridgehead atoms. The third kappa shape index (κ3) is 3.84. The van der Waals surface area contributed by atoms with Gasteiger partial charge in [-0.2, -0.15) is 0 Å². The normalized spacial score (nSPS) is 11.0. The maximum absolute atomic E-state index is 5.85. The van der Waals surface area contributed by atoms with E-state index >= 15 is 0 Å². The first-order chi connectivity index (χ1) is 9.70. The molecule has 0 aliphatic rings. The lowest BCUT2D eigenvalue weighted by molar-refractivity contribution is 0.246. The molecular formula is C16H22N2O2. The van der Waals surface area contributed by atoms with E-state index in [0.29, 0.717) is 12.5 Å². The summed E-state index contributed by atoms with van der Waals surface area (Å²) in [5.41, 5.74) is 2.11. The Morgan fingerprint density at radius 1 is 1.30 bits per heavy atom. The molecular weight excluding hydrogens is 252 g/mol. The number of aromatic nitrogens is 1. The van der Waals surface area contributed by atoms with Gasteiger partial charge in [0.15, 0.2) is 5.76 Å². The van der Waals surface area contributed by atoms with Crippen molar-refractivity contribution < 1.29 is 9.26 Å². The molecule has 0 amide bonds. The zero-order chi connectivity index (χ0) is 14.4. The van der Waals surface area contributed by atoms with Gasteiger partial charge in [0.25, 0.3) is 0 Å². The summed E-state index contributed by atoms with van der Waals surface area (Å²) in [6, 6.07) is 10.0. The van der Waals surface area contributed by atoms with Crippen LogP contribution < -0.4 is 10.1 Å². The Kier molecular flexibility index (Phi) is 5.18. The maximum Gasteiger partial charge on any atom is 0.174 e. The van der Waals surface area contributed by atoms with E-state index in [-0.39, 0.29) is 0 Å². The summed E-state index contributed by atoms with van der Waals surface area (Å²) < 4.78 is 11.1. The van der Waals surface area contributed by atoms with Crippen molar-refractivity contribution in [2.45, 2.75) is 39.8 Å². The highest BCUT2D eigenvalue weighted by atomic mass is 16.5. The first kappa shape index (κ1) is 14.6. The van der Waals surface area contributed by atoms with Gasteiger partial charge in [-0.05, 0) is 24.1 Å². The van der Waals surface area contributed by atoms with Crippen LogP contribution in [-0.4, -0.2) is 11.7 Å². The average Bonchev–Trinajstić information content (AvgIpc) is 2.91. The van der Waals surface area contributed by atoms with Crippen molar-refractivity contribution in [2.75, 3.05) is 6.54 Å². The van der Waals surface area contributed by atoms with Gasteiger partial charge < -0.3 is 14.6 Å². The van der Waals surface area contributed by atoms with Crippen molar-refractivity contribution in [1.29, 1.82) is 0 Å². The molecule has 0 aliphatic carbocycles. The van der Waals surface area contributed by atoms with Crippen LogP contribution in [0.5, 0.6) is 5.75 Å². The van der Waals surface area contributed by atoms with E-state index in [2.05, 4.69) is 37.3 Å². The van der Waals surface area contributed by atoms with Crippen LogP contribution in [0.4, 0.5) is 0 Å². The molecule has 0 atom stereocenters. The maximum atomic E-state index is 5.85. The summed E-state index contributed by atoms with van der Waals surface area (Å²) in [5, 5.41) is 7.22. The van der Waals surface area contributed by atoms with Crippen LogP contribution in [0.3, 0.4) is 0 Å². The number of para-hydroxylation sites is 1. The van der Waals surface area contributed by atoms with E-state index < -0.39 is 0 Å². The Labute approximate surface area is 120 Å². The first-order valence-corrected chi connectivity index (χ1v) is 7.07. The van der Waals surface area contributed by atoms with Gasteiger partial charge in [0.2, 0.25) is 0 Å². The molecule has 20 heavy (non-hydrogen) atoms. The SMILES string of the molecule is CCNCc1cc(COc2ccccc2C(C)C)on1. The minimum Gasteiger partial charge on any atom is -0.485 e. The van der Waals surface area contributed by atoms with Crippen LogP contribution in [0.25, 0.3) is 0 Å². The van der Waals surface area contributed by atoms with Crippen LogP contribution in [0.2, 0.25) is 0 Å². The van der Waals surface area contributed by atoms with Crippen LogP contribution in [0.1, 0.15) is 43.7 Å². The predicted molar refractivity (Wildman–Crippen MR) is 78.7 cm³/mol. The van der Waals surface area contributed by atoms with E-state index in [4.69, 9.17) is 9.26 Å². The summed E-state index contributed by atoms with van der Waals surface area (Å²) in [6.07, 6.45) is 0. The quantitative estimate of drug-likeness (QED) is 0.839. The first-order valence-electron chi connectivity index (χ1n) is 7.07. The van der Waals surface area contributed by atoms with Gasteiger partial charge in [-0.15, -0.1) is 0 Å². The van der Waals surface area contributed by atoms with Gasteiger partial charge in [-0.3, -0.25) is 0 Å². The fourth-order valence-electron chi connectivity index (χ4n) is 2.00. The van der Waals surface area contributed by atoms with Gasteiger partial charge in [0.1, 0.15) is 12.4 Å². The Morgan fingerprint density at radius 2 is 2.10 bits per heavy atom. The lowest BCUT2D eigenvalue weighted by Crippen LogP contribution is -2.11. The minimum atomic E-state index is 0.406. The molecule has 0 saturated carbocycles. The lowest BCUT2D eigenvalue weighted by atomic mass is 10.0. The second kappa shape index (κ2) is 7.10. The standard InChI is InChI=1S/C16H22N2O2/c1-4-17-10-13-9-14(20-18-13)11-19-16-8-6-5-7-15(16)12(2)3/h5-9,12,17H,4,10-11H2,1-3H3. The smallest absolute Gasteiger partial charge is 0.174 e. The molecule has 1 aromatic carbocycles. The molecule has 1 heterocycles. The van der Waals surface area contributed by atoms with Crippen molar-refractivity contribution in [3.8, 4) is 5.75 Å². The fraction of sp³-hybridized carbons (Fsp3) is 0.438. The molecule has 0 fully saturated rings. The van der Waals surface area contributed by atoms with Gasteiger partial charge in [0, 0.05) is 12.6 Å². The van der Waals surface area contributed by atoms with Crippen LogP contribution in [0.15, 0.2) is 34.9 Å². The number of benzene rings is 1. The van der Waals surface area contributed by atoms with E-state index in [9.17, 15) is 0 Å². The second-order valence-corrected chi connectivity index (χ2v) is 5.05. The molecule has 0 unspecified atom stereocenters. The lowest BCUT2D eigenvalue weighted by Gasteiger charge is -2.12. The summed E-state index contributed by atoms with van der Waals surface area (Å²) in [7, 11) is 0. The number of hydrogen-bond donors (Lipinski definition) is 1. The molecule has 0 saturated heterocycles. The van der Waals surface area contributed by atoms with Crippen molar-refractivity contribution in [1.82, 2.24) is 10.5 Å². The molecule has 1 aromatic heterocycles. The van der Waals surface area contributed by atoms with Gasteiger partial charge in [-0.25, -0.2) is 0 Å². The molecule has 2 aromatic rings. The van der Waals surface area contributed by atoms with Gasteiger partial charge in [-0.1, -0.05) is 44.1 Å². The van der Waals surface area contributed by atoms with E-state index in [1.807, 2.05) is 24.3 Å². The van der Waals surface area contributed by atoms with Gasteiger partial charge in [0.05, 0.1) is 5.69 Å².